The number of urea groups is 1. The standard InChI is InChI=1S/C17H20ClN3O3S2/c1-13-5-6-16(25-13)26(23,24)21-9-7-20(8-10-21)17(22)19-12-14-3-2-4-15(18)11-14/h2-6,11H,7-10,12H2,1H3,(H,19,22). The van der Waals surface area contributed by atoms with E-state index < -0.39 is 10.0 Å². The van der Waals surface area contributed by atoms with E-state index in [1.165, 1.54) is 15.6 Å². The fraction of sp³-hybridized carbons (Fsp3) is 0.353. The van der Waals surface area contributed by atoms with Gasteiger partial charge in [-0.25, -0.2) is 13.2 Å². The Kier molecular flexibility index (Phi) is 5.86. The average Bonchev–Trinajstić information content (AvgIpc) is 3.07. The number of carbonyl (C=O) groups is 1. The molecule has 0 aliphatic carbocycles. The van der Waals surface area contributed by atoms with Crippen LogP contribution in [0.1, 0.15) is 10.4 Å². The maximum atomic E-state index is 12.6. The fourth-order valence-electron chi connectivity index (χ4n) is 2.75. The van der Waals surface area contributed by atoms with Crippen LogP contribution >= 0.6 is 22.9 Å². The predicted molar refractivity (Wildman–Crippen MR) is 103 cm³/mol. The largest absolute Gasteiger partial charge is 0.334 e. The highest BCUT2D eigenvalue weighted by Gasteiger charge is 2.30. The van der Waals surface area contributed by atoms with Gasteiger partial charge in [-0.1, -0.05) is 23.7 Å². The molecule has 0 saturated carbocycles. The molecule has 2 aromatic rings. The number of nitrogens with zero attached hydrogens (tertiary/aromatic N) is 2. The fourth-order valence-corrected chi connectivity index (χ4v) is 5.82. The second-order valence-corrected chi connectivity index (χ2v) is 9.93. The number of thiophene rings is 1. The molecule has 140 valence electrons. The van der Waals surface area contributed by atoms with E-state index in [2.05, 4.69) is 5.32 Å². The molecule has 1 aromatic carbocycles. The number of benzene rings is 1. The lowest BCUT2D eigenvalue weighted by Gasteiger charge is -2.33. The van der Waals surface area contributed by atoms with Crippen LogP contribution in [0.5, 0.6) is 0 Å². The van der Waals surface area contributed by atoms with E-state index in [0.717, 1.165) is 10.4 Å². The first-order valence-electron chi connectivity index (χ1n) is 8.20. The van der Waals surface area contributed by atoms with E-state index in [1.807, 2.05) is 19.1 Å². The number of aryl methyl sites for hydroxylation is 1. The van der Waals surface area contributed by atoms with Gasteiger partial charge in [-0.15, -0.1) is 11.3 Å². The predicted octanol–water partition coefficient (Wildman–Crippen LogP) is 2.93. The van der Waals surface area contributed by atoms with E-state index in [-0.39, 0.29) is 6.03 Å². The van der Waals surface area contributed by atoms with Crippen molar-refractivity contribution >= 4 is 39.0 Å². The van der Waals surface area contributed by atoms with Crippen molar-refractivity contribution in [2.45, 2.75) is 17.7 Å². The van der Waals surface area contributed by atoms with E-state index in [1.54, 1.807) is 29.2 Å². The molecule has 0 bridgehead atoms. The van der Waals surface area contributed by atoms with Gasteiger partial charge in [0.1, 0.15) is 4.21 Å². The Morgan fingerprint density at radius 1 is 1.19 bits per heavy atom. The third-order valence-electron chi connectivity index (χ3n) is 4.17. The average molecular weight is 414 g/mol. The number of hydrogen-bond acceptors (Lipinski definition) is 4. The Morgan fingerprint density at radius 3 is 2.54 bits per heavy atom. The zero-order valence-corrected chi connectivity index (χ0v) is 16.7. The molecular formula is C17H20ClN3O3S2. The lowest BCUT2D eigenvalue weighted by Crippen LogP contribution is -2.52. The minimum Gasteiger partial charge on any atom is -0.334 e. The highest BCUT2D eigenvalue weighted by Crippen LogP contribution is 2.25. The van der Waals surface area contributed by atoms with Gasteiger partial charge in [0.25, 0.3) is 10.0 Å². The number of nitrogens with one attached hydrogen (secondary N) is 1. The van der Waals surface area contributed by atoms with E-state index in [0.29, 0.717) is 42.0 Å². The summed E-state index contributed by atoms with van der Waals surface area (Å²) in [5.74, 6) is 0. The Labute approximate surface area is 162 Å². The van der Waals surface area contributed by atoms with Crippen LogP contribution < -0.4 is 5.32 Å². The zero-order chi connectivity index (χ0) is 18.7. The van der Waals surface area contributed by atoms with Crippen molar-refractivity contribution in [1.29, 1.82) is 0 Å². The molecule has 2 heterocycles. The Bertz CT molecular complexity index is 890. The van der Waals surface area contributed by atoms with E-state index in [9.17, 15) is 13.2 Å². The van der Waals surface area contributed by atoms with E-state index in [4.69, 9.17) is 11.6 Å². The van der Waals surface area contributed by atoms with Crippen LogP contribution in [0.4, 0.5) is 4.79 Å². The molecule has 1 aliphatic heterocycles. The maximum Gasteiger partial charge on any atom is 0.317 e. The van der Waals surface area contributed by atoms with Gasteiger partial charge in [-0.2, -0.15) is 4.31 Å². The van der Waals surface area contributed by atoms with Crippen LogP contribution in [0.2, 0.25) is 5.02 Å². The topological polar surface area (TPSA) is 69.7 Å². The van der Waals surface area contributed by atoms with E-state index >= 15 is 0 Å². The number of sulfonamides is 1. The summed E-state index contributed by atoms with van der Waals surface area (Å²) in [6, 6.07) is 10.5. The highest BCUT2D eigenvalue weighted by molar-refractivity contribution is 7.91. The summed E-state index contributed by atoms with van der Waals surface area (Å²) in [7, 11) is -3.47. The summed E-state index contributed by atoms with van der Waals surface area (Å²) in [4.78, 5) is 14.9. The highest BCUT2D eigenvalue weighted by atomic mass is 35.5. The molecule has 1 fully saturated rings. The van der Waals surface area contributed by atoms with Crippen molar-refractivity contribution < 1.29 is 13.2 Å². The summed E-state index contributed by atoms with van der Waals surface area (Å²) >= 11 is 7.20. The van der Waals surface area contributed by atoms with Crippen molar-refractivity contribution in [2.75, 3.05) is 26.2 Å². The molecular weight excluding hydrogens is 394 g/mol. The molecule has 0 spiro atoms. The van der Waals surface area contributed by atoms with Crippen molar-refractivity contribution in [3.05, 3.63) is 51.9 Å². The van der Waals surface area contributed by atoms with Crippen molar-refractivity contribution in [1.82, 2.24) is 14.5 Å². The summed E-state index contributed by atoms with van der Waals surface area (Å²) in [6.45, 7) is 3.59. The molecule has 3 rings (SSSR count). The maximum absolute atomic E-state index is 12.6. The molecule has 0 atom stereocenters. The van der Waals surface area contributed by atoms with Gasteiger partial charge >= 0.3 is 6.03 Å². The van der Waals surface area contributed by atoms with Gasteiger partial charge in [-0.05, 0) is 36.8 Å². The first-order valence-corrected chi connectivity index (χ1v) is 10.8. The molecule has 1 aliphatic rings. The van der Waals surface area contributed by atoms with Gasteiger partial charge in [0, 0.05) is 42.6 Å². The van der Waals surface area contributed by atoms with Gasteiger partial charge in [0.05, 0.1) is 0 Å². The Hall–Kier alpha value is -1.61. The summed E-state index contributed by atoms with van der Waals surface area (Å²) in [5.41, 5.74) is 0.917. The number of piperazine rings is 1. The lowest BCUT2D eigenvalue weighted by molar-refractivity contribution is 0.172. The smallest absolute Gasteiger partial charge is 0.317 e. The zero-order valence-electron chi connectivity index (χ0n) is 14.3. The van der Waals surface area contributed by atoms with Gasteiger partial charge in [0.15, 0.2) is 0 Å². The van der Waals surface area contributed by atoms with Crippen molar-refractivity contribution in [3.8, 4) is 0 Å². The normalized spacial score (nSPS) is 15.8. The summed E-state index contributed by atoms with van der Waals surface area (Å²) in [5, 5.41) is 3.47. The molecule has 1 N–H and O–H groups in total. The quantitative estimate of drug-likeness (QED) is 0.837. The van der Waals surface area contributed by atoms with Crippen LogP contribution in [-0.4, -0.2) is 49.8 Å². The van der Waals surface area contributed by atoms with Crippen LogP contribution in [0.15, 0.2) is 40.6 Å². The van der Waals surface area contributed by atoms with Gasteiger partial charge in [-0.3, -0.25) is 0 Å². The third kappa shape index (κ3) is 4.37. The molecule has 0 unspecified atom stereocenters. The summed E-state index contributed by atoms with van der Waals surface area (Å²) < 4.78 is 27.0. The minimum atomic E-state index is -3.47. The molecule has 1 aromatic heterocycles. The minimum absolute atomic E-state index is 0.200. The molecule has 26 heavy (non-hydrogen) atoms. The molecule has 0 radical (unpaired) electrons. The first-order chi connectivity index (χ1) is 12.4. The van der Waals surface area contributed by atoms with Gasteiger partial charge in [0.2, 0.25) is 0 Å². The first kappa shape index (κ1) is 19.2. The second kappa shape index (κ2) is 7.96. The van der Waals surface area contributed by atoms with Crippen LogP contribution in [0.3, 0.4) is 0 Å². The van der Waals surface area contributed by atoms with Crippen molar-refractivity contribution in [2.24, 2.45) is 0 Å². The third-order valence-corrected chi connectivity index (χ3v) is 7.77. The number of carbonyl (C=O) groups excluding carboxylic acids is 1. The number of amides is 2. The molecule has 2 amide bonds. The number of hydrogen-bond donors (Lipinski definition) is 1. The van der Waals surface area contributed by atoms with Crippen LogP contribution in [0.25, 0.3) is 0 Å². The van der Waals surface area contributed by atoms with Crippen LogP contribution in [-0.2, 0) is 16.6 Å². The Balaban J connectivity index is 1.54. The Morgan fingerprint density at radius 2 is 1.92 bits per heavy atom. The SMILES string of the molecule is Cc1ccc(S(=O)(=O)N2CCN(C(=O)NCc3cccc(Cl)c3)CC2)s1. The molecule has 9 heteroatoms. The summed E-state index contributed by atoms with van der Waals surface area (Å²) in [6.07, 6.45) is 0. The number of rotatable bonds is 4. The monoisotopic (exact) mass is 413 g/mol. The van der Waals surface area contributed by atoms with Crippen molar-refractivity contribution in [3.63, 3.8) is 0 Å². The lowest BCUT2D eigenvalue weighted by atomic mass is 10.2. The second-order valence-electron chi connectivity index (χ2n) is 6.04. The number of halogens is 1. The van der Waals surface area contributed by atoms with Gasteiger partial charge < -0.3 is 10.2 Å². The molecule has 1 saturated heterocycles. The molecule has 6 nitrogen and oxygen atoms in total. The van der Waals surface area contributed by atoms with Crippen LogP contribution in [0, 0.1) is 6.92 Å².